The average molecular weight is 370 g/mol. The lowest BCUT2D eigenvalue weighted by Gasteiger charge is -2.26. The fourth-order valence-electron chi connectivity index (χ4n) is 2.40. The van der Waals surface area contributed by atoms with E-state index in [4.69, 9.17) is 15.5 Å². The molecule has 1 amide bonds. The van der Waals surface area contributed by atoms with Gasteiger partial charge in [0.2, 0.25) is 11.9 Å². The van der Waals surface area contributed by atoms with E-state index in [2.05, 4.69) is 10.3 Å². The smallest absolute Gasteiger partial charge is 0.358 e. The fraction of sp³-hybridized carbons (Fsp3) is 0.438. The first-order chi connectivity index (χ1) is 11.8. The first kappa shape index (κ1) is 19.7. The van der Waals surface area contributed by atoms with Crippen molar-refractivity contribution in [3.8, 4) is 6.07 Å². The van der Waals surface area contributed by atoms with Crippen LogP contribution in [0.3, 0.4) is 0 Å². The Balaban J connectivity index is 2.44. The zero-order valence-electron chi connectivity index (χ0n) is 14.2. The van der Waals surface area contributed by atoms with E-state index in [-0.39, 0.29) is 5.95 Å². The Labute approximate surface area is 146 Å². The molecule has 26 heavy (non-hydrogen) atoms. The van der Waals surface area contributed by atoms with E-state index in [9.17, 15) is 18.0 Å². The molecule has 0 spiro atoms. The summed E-state index contributed by atoms with van der Waals surface area (Å²) in [7, 11) is 0. The van der Waals surface area contributed by atoms with Crippen molar-refractivity contribution in [1.29, 1.82) is 5.26 Å². The Bertz CT molecular complexity index is 889. The number of alkyl halides is 3. The van der Waals surface area contributed by atoms with Gasteiger partial charge in [-0.1, -0.05) is 0 Å². The van der Waals surface area contributed by atoms with E-state index in [1.807, 2.05) is 6.07 Å². The molecule has 3 N–H and O–H groups in total. The van der Waals surface area contributed by atoms with Crippen molar-refractivity contribution in [3.63, 3.8) is 0 Å². The van der Waals surface area contributed by atoms with Gasteiger partial charge in [0, 0.05) is 5.54 Å². The van der Waals surface area contributed by atoms with Gasteiger partial charge in [0.25, 0.3) is 5.79 Å². The molecule has 0 saturated heterocycles. The minimum absolute atomic E-state index is 0.0643. The molecule has 0 aliphatic heterocycles. The van der Waals surface area contributed by atoms with Gasteiger partial charge in [0.05, 0.1) is 29.1 Å². The van der Waals surface area contributed by atoms with Crippen molar-refractivity contribution in [2.24, 2.45) is 0 Å². The quantitative estimate of drug-likeness (QED) is 0.718. The second-order valence-electron chi connectivity index (χ2n) is 6.80. The summed E-state index contributed by atoms with van der Waals surface area (Å²) in [5.74, 6) is -5.48. The number of amides is 1. The summed E-state index contributed by atoms with van der Waals surface area (Å²) < 4.78 is 39.1. The molecular formula is C16H17F3N4O3. The molecule has 0 radical (unpaired) electrons. The molecule has 0 unspecified atom stereocenters. The molecular weight excluding hydrogens is 353 g/mol. The van der Waals surface area contributed by atoms with Crippen LogP contribution >= 0.6 is 0 Å². The van der Waals surface area contributed by atoms with Crippen molar-refractivity contribution in [3.05, 3.63) is 23.8 Å². The van der Waals surface area contributed by atoms with Gasteiger partial charge < -0.3 is 14.8 Å². The summed E-state index contributed by atoms with van der Waals surface area (Å²) in [6.45, 7) is 5.34. The number of rotatable bonds is 3. The summed E-state index contributed by atoms with van der Waals surface area (Å²) in [6.07, 6.45) is -6.98. The Morgan fingerprint density at radius 2 is 1.92 bits per heavy atom. The third kappa shape index (κ3) is 3.79. The van der Waals surface area contributed by atoms with Crippen LogP contribution in [0, 0.1) is 11.3 Å². The number of carbonyl (C=O) groups excluding carboxylic acids is 1. The number of anilines is 1. The van der Waals surface area contributed by atoms with Crippen LogP contribution in [0.5, 0.6) is 0 Å². The van der Waals surface area contributed by atoms with Gasteiger partial charge in [-0.3, -0.25) is 10.1 Å². The maximum atomic E-state index is 12.5. The monoisotopic (exact) mass is 370 g/mol. The topological polar surface area (TPSA) is 111 Å². The first-order valence-electron chi connectivity index (χ1n) is 7.51. The third-order valence-corrected chi connectivity index (χ3v) is 3.57. The number of carbonyl (C=O) groups is 1. The van der Waals surface area contributed by atoms with Gasteiger partial charge in [0.1, 0.15) is 0 Å². The summed E-state index contributed by atoms with van der Waals surface area (Å²) >= 11 is 0. The summed E-state index contributed by atoms with van der Waals surface area (Å²) in [6, 6.07) is 6.58. The molecule has 0 saturated carbocycles. The highest BCUT2D eigenvalue weighted by atomic mass is 19.4. The molecule has 140 valence electrons. The number of benzene rings is 1. The molecule has 10 heteroatoms. The molecule has 7 nitrogen and oxygen atoms in total. The zero-order valence-corrected chi connectivity index (χ0v) is 14.2. The number of aromatic nitrogens is 2. The predicted molar refractivity (Wildman–Crippen MR) is 85.9 cm³/mol. The highest BCUT2D eigenvalue weighted by Crippen LogP contribution is 2.32. The standard InChI is InChI=1S/C16H17F3N4O3/c1-14(2,3)23-11-6-9(8-20)4-5-10(11)21-13(23)22-12(24)7-15(25,26)16(17,18)19/h4-6,25-26H,7H2,1-3H3,(H,21,22,24). The second-order valence-corrected chi connectivity index (χ2v) is 6.80. The lowest BCUT2D eigenvalue weighted by Crippen LogP contribution is -2.47. The highest BCUT2D eigenvalue weighted by Gasteiger charge is 2.54. The van der Waals surface area contributed by atoms with Crippen LogP contribution in [0.2, 0.25) is 0 Å². The number of hydrogen-bond acceptors (Lipinski definition) is 5. The summed E-state index contributed by atoms with van der Waals surface area (Å²) in [4.78, 5) is 16.1. The average Bonchev–Trinajstić information content (AvgIpc) is 2.81. The van der Waals surface area contributed by atoms with Crippen molar-refractivity contribution in [1.82, 2.24) is 9.55 Å². The van der Waals surface area contributed by atoms with Crippen molar-refractivity contribution in [2.75, 3.05) is 5.32 Å². The number of hydrogen-bond donors (Lipinski definition) is 3. The number of nitriles is 1. The Morgan fingerprint density at radius 3 is 2.42 bits per heavy atom. The van der Waals surface area contributed by atoms with Crippen molar-refractivity contribution in [2.45, 2.75) is 44.7 Å². The van der Waals surface area contributed by atoms with E-state index in [1.54, 1.807) is 37.5 Å². The van der Waals surface area contributed by atoms with Crippen LogP contribution in [0.25, 0.3) is 11.0 Å². The van der Waals surface area contributed by atoms with Gasteiger partial charge in [-0.2, -0.15) is 18.4 Å². The van der Waals surface area contributed by atoms with Crippen LogP contribution in [0.1, 0.15) is 32.8 Å². The fourth-order valence-corrected chi connectivity index (χ4v) is 2.40. The van der Waals surface area contributed by atoms with Crippen LogP contribution < -0.4 is 5.32 Å². The molecule has 2 aromatic rings. The molecule has 0 fully saturated rings. The highest BCUT2D eigenvalue weighted by molar-refractivity contribution is 5.92. The zero-order chi connectivity index (χ0) is 19.9. The van der Waals surface area contributed by atoms with Crippen molar-refractivity contribution < 1.29 is 28.2 Å². The molecule has 0 aliphatic rings. The first-order valence-corrected chi connectivity index (χ1v) is 7.51. The number of imidazole rings is 1. The molecule has 1 aromatic carbocycles. The van der Waals surface area contributed by atoms with Crippen LogP contribution in [0.4, 0.5) is 19.1 Å². The number of nitrogens with one attached hydrogen (secondary N) is 1. The van der Waals surface area contributed by atoms with E-state index in [0.717, 1.165) is 0 Å². The number of fused-ring (bicyclic) bond motifs is 1. The Hall–Kier alpha value is -2.64. The minimum atomic E-state index is -5.38. The van der Waals surface area contributed by atoms with Crippen LogP contribution in [0.15, 0.2) is 18.2 Å². The predicted octanol–water partition coefficient (Wildman–Crippen LogP) is 2.23. The van der Waals surface area contributed by atoms with E-state index < -0.39 is 29.8 Å². The number of halogens is 3. The summed E-state index contributed by atoms with van der Waals surface area (Å²) in [5, 5.41) is 29.3. The molecule has 1 aromatic heterocycles. The SMILES string of the molecule is CC(C)(C)n1c(NC(=O)CC(O)(O)C(F)(F)F)nc2ccc(C#N)cc21. The van der Waals surface area contributed by atoms with Gasteiger partial charge >= 0.3 is 6.18 Å². The lowest BCUT2D eigenvalue weighted by molar-refractivity contribution is -0.347. The van der Waals surface area contributed by atoms with Gasteiger partial charge in [-0.25, -0.2) is 4.98 Å². The van der Waals surface area contributed by atoms with Crippen molar-refractivity contribution >= 4 is 22.9 Å². The Morgan fingerprint density at radius 1 is 1.31 bits per heavy atom. The van der Waals surface area contributed by atoms with Gasteiger partial charge in [-0.05, 0) is 39.0 Å². The second kappa shape index (κ2) is 6.26. The van der Waals surface area contributed by atoms with E-state index in [0.29, 0.717) is 16.6 Å². The summed E-state index contributed by atoms with van der Waals surface area (Å²) in [5.41, 5.74) is 0.638. The molecule has 0 bridgehead atoms. The molecule has 0 aliphatic carbocycles. The molecule has 2 rings (SSSR count). The molecule has 1 heterocycles. The largest absolute Gasteiger partial charge is 0.443 e. The van der Waals surface area contributed by atoms with Crippen LogP contribution in [-0.4, -0.2) is 37.6 Å². The Kier molecular flexibility index (Phi) is 4.74. The number of nitrogens with zero attached hydrogens (tertiary/aromatic N) is 3. The maximum Gasteiger partial charge on any atom is 0.443 e. The van der Waals surface area contributed by atoms with E-state index >= 15 is 0 Å². The number of aliphatic hydroxyl groups is 2. The normalized spacial score (nSPS) is 12.9. The molecule has 0 atom stereocenters. The van der Waals surface area contributed by atoms with Gasteiger partial charge in [0.15, 0.2) is 0 Å². The third-order valence-electron chi connectivity index (χ3n) is 3.57. The minimum Gasteiger partial charge on any atom is -0.358 e. The lowest BCUT2D eigenvalue weighted by atomic mass is 10.1. The van der Waals surface area contributed by atoms with Crippen LogP contribution in [-0.2, 0) is 10.3 Å². The maximum absolute atomic E-state index is 12.5. The van der Waals surface area contributed by atoms with Gasteiger partial charge in [-0.15, -0.1) is 0 Å². The van der Waals surface area contributed by atoms with E-state index in [1.165, 1.54) is 6.07 Å².